The van der Waals surface area contributed by atoms with Crippen molar-refractivity contribution in [2.45, 2.75) is 25.0 Å². The average molecular weight is 383 g/mol. The summed E-state index contributed by atoms with van der Waals surface area (Å²) >= 11 is 1.14. The van der Waals surface area contributed by atoms with Crippen LogP contribution in [-0.2, 0) is 6.42 Å². The Kier molecular flexibility index (Phi) is 5.97. The quantitative estimate of drug-likeness (QED) is 0.243. The molecule has 1 aromatic heterocycles. The van der Waals surface area contributed by atoms with E-state index >= 15 is 0 Å². The first-order chi connectivity index (χ1) is 13.1. The van der Waals surface area contributed by atoms with E-state index in [9.17, 15) is 14.9 Å². The van der Waals surface area contributed by atoms with Crippen LogP contribution in [-0.4, -0.2) is 26.7 Å². The van der Waals surface area contributed by atoms with Crippen LogP contribution in [0.4, 0.5) is 5.69 Å². The van der Waals surface area contributed by atoms with Crippen molar-refractivity contribution < 1.29 is 14.1 Å². The van der Waals surface area contributed by atoms with E-state index in [0.29, 0.717) is 11.1 Å². The minimum absolute atomic E-state index is 0.0295. The number of nitro benzene ring substituents is 1. The number of hydrogen-bond donors (Lipinski definition) is 0. The maximum absolute atomic E-state index is 12.3. The number of non-ortho nitro benzene ring substituents is 1. The number of aryl methyl sites for hydroxylation is 1. The largest absolute Gasteiger partial charge is 0.411 e. The van der Waals surface area contributed by atoms with Crippen molar-refractivity contribution in [1.29, 1.82) is 0 Å². The maximum atomic E-state index is 12.3. The van der Waals surface area contributed by atoms with Crippen LogP contribution in [0.15, 0.2) is 58.2 Å². The molecule has 0 N–H and O–H groups in total. The van der Waals surface area contributed by atoms with E-state index in [4.69, 9.17) is 4.42 Å². The molecule has 27 heavy (non-hydrogen) atoms. The van der Waals surface area contributed by atoms with Gasteiger partial charge in [0.05, 0.1) is 10.7 Å². The van der Waals surface area contributed by atoms with Gasteiger partial charge in [-0.05, 0) is 18.1 Å². The van der Waals surface area contributed by atoms with Gasteiger partial charge in [-0.1, -0.05) is 55.4 Å². The number of Topliss-reactive ketones (excluding diaryl/α,β-unsaturated/α-hetero) is 1. The van der Waals surface area contributed by atoms with Gasteiger partial charge in [-0.15, -0.1) is 10.2 Å². The molecular formula is C19H17N3O4S. The molecule has 3 aromatic rings. The van der Waals surface area contributed by atoms with Crippen LogP contribution in [0.25, 0.3) is 11.5 Å². The number of nitro groups is 1. The number of aromatic nitrogens is 2. The second kappa shape index (κ2) is 8.59. The number of nitrogens with zero attached hydrogens (tertiary/aromatic N) is 3. The van der Waals surface area contributed by atoms with Gasteiger partial charge in [-0.2, -0.15) is 0 Å². The third-order valence-electron chi connectivity index (χ3n) is 3.85. The van der Waals surface area contributed by atoms with E-state index in [0.717, 1.165) is 24.6 Å². The molecule has 0 radical (unpaired) electrons. The minimum Gasteiger partial charge on any atom is -0.411 e. The van der Waals surface area contributed by atoms with Crippen molar-refractivity contribution in [2.24, 2.45) is 0 Å². The second-order valence-electron chi connectivity index (χ2n) is 5.84. The number of hydrogen-bond acceptors (Lipinski definition) is 7. The molecule has 7 nitrogen and oxygen atoms in total. The van der Waals surface area contributed by atoms with Crippen molar-refractivity contribution in [3.63, 3.8) is 0 Å². The Labute approximate surface area is 160 Å². The number of rotatable bonds is 8. The Hall–Kier alpha value is -3.00. The van der Waals surface area contributed by atoms with Gasteiger partial charge in [-0.25, -0.2) is 0 Å². The highest BCUT2D eigenvalue weighted by Gasteiger charge is 2.14. The van der Waals surface area contributed by atoms with Gasteiger partial charge in [0.15, 0.2) is 5.78 Å². The Balaban J connectivity index is 1.63. The van der Waals surface area contributed by atoms with Crippen molar-refractivity contribution in [1.82, 2.24) is 10.2 Å². The van der Waals surface area contributed by atoms with E-state index < -0.39 is 4.92 Å². The Morgan fingerprint density at radius 2 is 1.96 bits per heavy atom. The van der Waals surface area contributed by atoms with Gasteiger partial charge in [0, 0.05) is 23.3 Å². The first kappa shape index (κ1) is 18.8. The fraction of sp³-hybridized carbons (Fsp3) is 0.211. The topological polar surface area (TPSA) is 99.1 Å². The fourth-order valence-electron chi connectivity index (χ4n) is 2.49. The monoisotopic (exact) mass is 383 g/mol. The predicted octanol–water partition coefficient (Wildman–Crippen LogP) is 4.57. The van der Waals surface area contributed by atoms with Gasteiger partial charge in [-0.3, -0.25) is 14.9 Å². The van der Waals surface area contributed by atoms with Gasteiger partial charge >= 0.3 is 0 Å². The molecule has 0 atom stereocenters. The van der Waals surface area contributed by atoms with E-state index in [1.165, 1.54) is 17.7 Å². The van der Waals surface area contributed by atoms with E-state index in [-0.39, 0.29) is 28.3 Å². The smallest absolute Gasteiger partial charge is 0.277 e. The first-order valence-electron chi connectivity index (χ1n) is 8.40. The third kappa shape index (κ3) is 4.79. The first-order valence-corrected chi connectivity index (χ1v) is 9.38. The highest BCUT2D eigenvalue weighted by Crippen LogP contribution is 2.26. The molecule has 0 unspecified atom stereocenters. The van der Waals surface area contributed by atoms with Crippen LogP contribution >= 0.6 is 11.8 Å². The van der Waals surface area contributed by atoms with Gasteiger partial charge < -0.3 is 4.42 Å². The summed E-state index contributed by atoms with van der Waals surface area (Å²) in [5, 5.41) is 18.9. The number of carbonyl (C=O) groups excluding carboxylic acids is 1. The summed E-state index contributed by atoms with van der Waals surface area (Å²) in [6.07, 6.45) is 2.05. The fourth-order valence-corrected chi connectivity index (χ4v) is 3.15. The molecule has 0 spiro atoms. The van der Waals surface area contributed by atoms with Crippen molar-refractivity contribution in [2.75, 3.05) is 5.75 Å². The zero-order valence-electron chi connectivity index (χ0n) is 14.6. The zero-order valence-corrected chi connectivity index (χ0v) is 15.4. The summed E-state index contributed by atoms with van der Waals surface area (Å²) in [6.45, 7) is 2.11. The molecule has 0 bridgehead atoms. The van der Waals surface area contributed by atoms with Crippen molar-refractivity contribution in [3.05, 3.63) is 69.8 Å². The summed E-state index contributed by atoms with van der Waals surface area (Å²) in [5.41, 5.74) is 2.25. The van der Waals surface area contributed by atoms with E-state index in [2.05, 4.69) is 17.1 Å². The Bertz CT molecular complexity index is 954. The van der Waals surface area contributed by atoms with Crippen LogP contribution in [0.1, 0.15) is 29.3 Å². The summed E-state index contributed by atoms with van der Waals surface area (Å²) in [7, 11) is 0. The normalized spacial score (nSPS) is 10.7. The summed E-state index contributed by atoms with van der Waals surface area (Å²) in [5.74, 6) is 0.319. The number of thioether (sulfide) groups is 1. The number of carbonyl (C=O) groups is 1. The third-order valence-corrected chi connectivity index (χ3v) is 4.67. The minimum atomic E-state index is -0.486. The van der Waals surface area contributed by atoms with Crippen LogP contribution in [0.5, 0.6) is 0 Å². The molecule has 8 heteroatoms. The maximum Gasteiger partial charge on any atom is 0.277 e. The molecule has 2 aromatic carbocycles. The van der Waals surface area contributed by atoms with Crippen molar-refractivity contribution >= 4 is 23.2 Å². The highest BCUT2D eigenvalue weighted by molar-refractivity contribution is 7.99. The number of ketones is 1. The molecule has 0 saturated carbocycles. The zero-order chi connectivity index (χ0) is 19.2. The highest BCUT2D eigenvalue weighted by atomic mass is 32.2. The van der Waals surface area contributed by atoms with Gasteiger partial charge in [0.2, 0.25) is 5.89 Å². The van der Waals surface area contributed by atoms with Crippen LogP contribution in [0, 0.1) is 10.1 Å². The molecule has 0 saturated heterocycles. The molecule has 0 amide bonds. The molecular weight excluding hydrogens is 366 g/mol. The van der Waals surface area contributed by atoms with Gasteiger partial charge in [0.1, 0.15) is 0 Å². The molecule has 0 aliphatic carbocycles. The molecule has 3 rings (SSSR count). The van der Waals surface area contributed by atoms with Crippen molar-refractivity contribution in [3.8, 4) is 11.5 Å². The summed E-state index contributed by atoms with van der Waals surface area (Å²) in [6, 6.07) is 13.6. The lowest BCUT2D eigenvalue weighted by Gasteiger charge is -2.02. The SMILES string of the molecule is CCCc1ccc(C(=O)CSc2nnc(-c3cccc([N+](=O)[O-])c3)o2)cc1. The lowest BCUT2D eigenvalue weighted by molar-refractivity contribution is -0.384. The van der Waals surface area contributed by atoms with Gasteiger partial charge in [0.25, 0.3) is 10.9 Å². The number of benzene rings is 2. The van der Waals surface area contributed by atoms with Crippen LogP contribution in [0.3, 0.4) is 0 Å². The average Bonchev–Trinajstić information content (AvgIpc) is 3.16. The molecule has 138 valence electrons. The second-order valence-corrected chi connectivity index (χ2v) is 6.77. The molecule has 1 heterocycles. The van der Waals surface area contributed by atoms with E-state index in [1.807, 2.05) is 24.3 Å². The predicted molar refractivity (Wildman–Crippen MR) is 102 cm³/mol. The molecule has 0 aliphatic heterocycles. The molecule has 0 aliphatic rings. The molecule has 0 fully saturated rings. The lowest BCUT2D eigenvalue weighted by Crippen LogP contribution is -2.02. The van der Waals surface area contributed by atoms with E-state index in [1.54, 1.807) is 12.1 Å². The van der Waals surface area contributed by atoms with Crippen LogP contribution < -0.4 is 0 Å². The Morgan fingerprint density at radius 3 is 2.67 bits per heavy atom. The standard InChI is InChI=1S/C19H17N3O4S/c1-2-4-13-7-9-14(10-8-13)17(23)12-27-19-21-20-18(26-19)15-5-3-6-16(11-15)22(24)25/h3,5-11H,2,4,12H2,1H3. The Morgan fingerprint density at radius 1 is 1.19 bits per heavy atom. The lowest BCUT2D eigenvalue weighted by atomic mass is 10.1. The summed E-state index contributed by atoms with van der Waals surface area (Å²) < 4.78 is 5.51. The van der Waals surface area contributed by atoms with Crippen LogP contribution in [0.2, 0.25) is 0 Å². The summed E-state index contributed by atoms with van der Waals surface area (Å²) in [4.78, 5) is 22.7.